The van der Waals surface area contributed by atoms with Gasteiger partial charge < -0.3 is 18.6 Å². The van der Waals surface area contributed by atoms with Crippen LogP contribution >= 0.6 is 0 Å². The van der Waals surface area contributed by atoms with Crippen LogP contribution in [0.4, 0.5) is 34.1 Å². The molecule has 0 aliphatic rings. The maximum atomic E-state index is 6.63. The van der Waals surface area contributed by atoms with Crippen molar-refractivity contribution in [3.05, 3.63) is 267 Å². The van der Waals surface area contributed by atoms with Crippen LogP contribution in [-0.2, 0) is 0 Å². The van der Waals surface area contributed by atoms with Gasteiger partial charge in [-0.25, -0.2) is 0 Å². The summed E-state index contributed by atoms with van der Waals surface area (Å²) in [7, 11) is 0. The zero-order valence-corrected chi connectivity index (χ0v) is 40.1. The molecule has 74 heavy (non-hydrogen) atoms. The molecular formula is C70H44N2O2. The van der Waals surface area contributed by atoms with Crippen LogP contribution in [0, 0.1) is 0 Å². The number of hydrogen-bond donors (Lipinski definition) is 0. The highest BCUT2D eigenvalue weighted by Crippen LogP contribution is 2.46. The fourth-order valence-corrected chi connectivity index (χ4v) is 11.5. The van der Waals surface area contributed by atoms with Crippen LogP contribution < -0.4 is 9.80 Å². The summed E-state index contributed by atoms with van der Waals surface area (Å²) in [6.07, 6.45) is 0. The van der Waals surface area contributed by atoms with Crippen molar-refractivity contribution in [2.24, 2.45) is 0 Å². The number of rotatable bonds is 8. The first-order valence-corrected chi connectivity index (χ1v) is 25.2. The minimum atomic E-state index is 0.876. The average molecular weight is 945 g/mol. The van der Waals surface area contributed by atoms with Gasteiger partial charge in [0.1, 0.15) is 22.3 Å². The van der Waals surface area contributed by atoms with Crippen LogP contribution in [0.3, 0.4) is 0 Å². The molecule has 13 aromatic carbocycles. The molecule has 0 amide bonds. The van der Waals surface area contributed by atoms with E-state index < -0.39 is 0 Å². The summed E-state index contributed by atoms with van der Waals surface area (Å²) in [4.78, 5) is 4.62. The first kappa shape index (κ1) is 41.8. The van der Waals surface area contributed by atoms with E-state index in [1.807, 2.05) is 12.1 Å². The Balaban J connectivity index is 0.958. The molecule has 15 rings (SSSR count). The van der Waals surface area contributed by atoms with Crippen molar-refractivity contribution in [1.82, 2.24) is 0 Å². The van der Waals surface area contributed by atoms with E-state index in [1.54, 1.807) is 0 Å². The van der Waals surface area contributed by atoms with Gasteiger partial charge in [0.15, 0.2) is 0 Å². The van der Waals surface area contributed by atoms with Crippen LogP contribution in [0.1, 0.15) is 0 Å². The number of anilines is 6. The molecule has 346 valence electrons. The Morgan fingerprint density at radius 3 is 0.892 bits per heavy atom. The van der Waals surface area contributed by atoms with Crippen LogP contribution in [-0.4, -0.2) is 0 Å². The van der Waals surface area contributed by atoms with Gasteiger partial charge in [-0.2, -0.15) is 0 Å². The predicted molar refractivity (Wildman–Crippen MR) is 311 cm³/mol. The minimum Gasteiger partial charge on any atom is -0.456 e. The van der Waals surface area contributed by atoms with E-state index in [0.29, 0.717) is 0 Å². The van der Waals surface area contributed by atoms with Gasteiger partial charge in [-0.1, -0.05) is 133 Å². The molecule has 0 saturated heterocycles. The zero-order chi connectivity index (χ0) is 48.7. The Morgan fingerprint density at radius 2 is 0.527 bits per heavy atom. The van der Waals surface area contributed by atoms with Gasteiger partial charge in [-0.15, -0.1) is 0 Å². The van der Waals surface area contributed by atoms with Gasteiger partial charge in [0.05, 0.1) is 0 Å². The van der Waals surface area contributed by atoms with Crippen molar-refractivity contribution in [2.75, 3.05) is 9.80 Å². The van der Waals surface area contributed by atoms with E-state index in [9.17, 15) is 0 Å². The van der Waals surface area contributed by atoms with Crippen molar-refractivity contribution >= 4 is 121 Å². The molecule has 0 bridgehead atoms. The highest BCUT2D eigenvalue weighted by atomic mass is 16.3. The molecule has 0 unspecified atom stereocenters. The van der Waals surface area contributed by atoms with Crippen molar-refractivity contribution in [3.63, 3.8) is 0 Å². The second-order valence-corrected chi connectivity index (χ2v) is 19.2. The highest BCUT2D eigenvalue weighted by molar-refractivity contribution is 6.26. The van der Waals surface area contributed by atoms with Crippen LogP contribution in [0.5, 0.6) is 0 Å². The normalized spacial score (nSPS) is 11.8. The van der Waals surface area contributed by atoms with E-state index >= 15 is 0 Å². The van der Waals surface area contributed by atoms with E-state index in [4.69, 9.17) is 8.83 Å². The second-order valence-electron chi connectivity index (χ2n) is 19.2. The SMILES string of the molecule is c1ccc(N(c2ccccc2)c2ccc(-c3cc4cc5c(cc(-c6ccc(N(c7ccccc7)c7ccccc7)cc6)c6cc7c(cc65)oc5ccccc57)cc4c4cc5oc6ccccc6c5cc34)cc2)cc1. The van der Waals surface area contributed by atoms with Gasteiger partial charge >= 0.3 is 0 Å². The number of nitrogens with zero attached hydrogens (tertiary/aromatic N) is 2. The molecule has 4 nitrogen and oxygen atoms in total. The molecule has 0 radical (unpaired) electrons. The molecule has 4 heteroatoms. The smallest absolute Gasteiger partial charge is 0.136 e. The molecule has 0 saturated carbocycles. The van der Waals surface area contributed by atoms with E-state index in [0.717, 1.165) is 122 Å². The standard InChI is InChI=1S/C70H44N2O2/c1-5-17-49(18-6-1)71(50-19-7-2-8-20-50)53-33-29-45(30-34-53)57-37-47-39-60-48(40-59(47)63-43-69-65(41-61(57)63)55-25-13-15-27-67(55)73-69)38-58(62-42-66-56-26-14-16-28-68(56)74-70(66)44-64(60)62)46-31-35-54(36-32-46)72(51-21-9-3-10-22-51)52-23-11-4-12-24-52/h1-44H. The Bertz CT molecular complexity index is 4240. The van der Waals surface area contributed by atoms with Crippen LogP contribution in [0.25, 0.3) is 109 Å². The number of fused-ring (bicyclic) bond motifs is 12. The Morgan fingerprint density at radius 1 is 0.203 bits per heavy atom. The summed E-state index contributed by atoms with van der Waals surface area (Å²) in [5, 5.41) is 13.7. The van der Waals surface area contributed by atoms with Gasteiger partial charge in [-0.05, 0) is 199 Å². The van der Waals surface area contributed by atoms with E-state index in [1.165, 1.54) is 21.5 Å². The molecule has 0 aliphatic carbocycles. The van der Waals surface area contributed by atoms with Crippen molar-refractivity contribution < 1.29 is 8.83 Å². The molecule has 0 atom stereocenters. The molecule has 0 N–H and O–H groups in total. The Hall–Kier alpha value is -9.90. The fraction of sp³-hybridized carbons (Fsp3) is 0. The van der Waals surface area contributed by atoms with Crippen molar-refractivity contribution in [1.29, 1.82) is 0 Å². The highest BCUT2D eigenvalue weighted by Gasteiger charge is 2.20. The number of benzene rings is 13. The summed E-state index contributed by atoms with van der Waals surface area (Å²) in [5.41, 5.74) is 14.7. The topological polar surface area (TPSA) is 32.8 Å². The van der Waals surface area contributed by atoms with Crippen LogP contribution in [0.2, 0.25) is 0 Å². The lowest BCUT2D eigenvalue weighted by molar-refractivity contribution is 0.669. The third-order valence-corrected chi connectivity index (χ3v) is 14.9. The second kappa shape index (κ2) is 16.9. The Kier molecular flexibility index (Phi) is 9.54. The maximum absolute atomic E-state index is 6.63. The first-order chi connectivity index (χ1) is 36.7. The first-order valence-electron chi connectivity index (χ1n) is 25.2. The monoisotopic (exact) mass is 944 g/mol. The van der Waals surface area contributed by atoms with Gasteiger partial charge in [-0.3, -0.25) is 0 Å². The molecule has 2 heterocycles. The molecule has 0 aliphatic heterocycles. The summed E-state index contributed by atoms with van der Waals surface area (Å²) in [6.45, 7) is 0. The number of hydrogen-bond acceptors (Lipinski definition) is 4. The van der Waals surface area contributed by atoms with E-state index in [-0.39, 0.29) is 0 Å². The molecule has 2 aromatic heterocycles. The average Bonchev–Trinajstić information content (AvgIpc) is 4.03. The zero-order valence-electron chi connectivity index (χ0n) is 40.1. The molecule has 15 aromatic rings. The van der Waals surface area contributed by atoms with E-state index in [2.05, 4.69) is 265 Å². The lowest BCUT2D eigenvalue weighted by Crippen LogP contribution is -2.09. The lowest BCUT2D eigenvalue weighted by Gasteiger charge is -2.25. The number of furan rings is 2. The van der Waals surface area contributed by atoms with Gasteiger partial charge in [0.25, 0.3) is 0 Å². The quantitative estimate of drug-likeness (QED) is 0.112. The summed E-state index contributed by atoms with van der Waals surface area (Å²) >= 11 is 0. The fourth-order valence-electron chi connectivity index (χ4n) is 11.5. The van der Waals surface area contributed by atoms with Crippen LogP contribution in [0.15, 0.2) is 276 Å². The van der Waals surface area contributed by atoms with Gasteiger partial charge in [0.2, 0.25) is 0 Å². The number of para-hydroxylation sites is 6. The molecule has 0 spiro atoms. The maximum Gasteiger partial charge on any atom is 0.136 e. The summed E-state index contributed by atoms with van der Waals surface area (Å²) in [6, 6.07) is 96.0. The largest absolute Gasteiger partial charge is 0.456 e. The van der Waals surface area contributed by atoms with Crippen molar-refractivity contribution in [2.45, 2.75) is 0 Å². The molecule has 0 fully saturated rings. The third-order valence-electron chi connectivity index (χ3n) is 14.9. The molecular weight excluding hydrogens is 901 g/mol. The summed E-state index contributed by atoms with van der Waals surface area (Å²) in [5.74, 6) is 0. The third kappa shape index (κ3) is 6.84. The predicted octanol–water partition coefficient (Wildman–Crippen LogP) is 20.4. The summed E-state index contributed by atoms with van der Waals surface area (Å²) < 4.78 is 13.3. The van der Waals surface area contributed by atoms with Crippen molar-refractivity contribution in [3.8, 4) is 22.3 Å². The Labute approximate surface area is 426 Å². The lowest BCUT2D eigenvalue weighted by atomic mass is 9.88. The van der Waals surface area contributed by atoms with Gasteiger partial charge in [0, 0.05) is 55.7 Å². The minimum absolute atomic E-state index is 0.876.